The molecule has 1 aliphatic rings. The van der Waals surface area contributed by atoms with Gasteiger partial charge in [0.15, 0.2) is 0 Å². The standard InChI is InChI=1S/C10H19NO/c1-9(2)5-8(11-12)6-10(3,4)7-9/h8H,5-7H2,1-4H3. The van der Waals surface area contributed by atoms with Crippen molar-refractivity contribution in [2.45, 2.75) is 53.0 Å². The largest absolute Gasteiger partial charge is 0.151 e. The van der Waals surface area contributed by atoms with Gasteiger partial charge in [0.05, 0.1) is 6.04 Å². The van der Waals surface area contributed by atoms with Crippen molar-refractivity contribution in [3.63, 3.8) is 0 Å². The molecule has 0 aromatic heterocycles. The summed E-state index contributed by atoms with van der Waals surface area (Å²) < 4.78 is 0. The molecule has 1 fully saturated rings. The van der Waals surface area contributed by atoms with Gasteiger partial charge in [-0.2, -0.15) is 4.91 Å². The SMILES string of the molecule is CC1(C)CC(N=O)CC(C)(C)C1. The fraction of sp³-hybridized carbons (Fsp3) is 1.00. The Hall–Kier alpha value is -0.400. The van der Waals surface area contributed by atoms with Crippen molar-refractivity contribution in [1.29, 1.82) is 0 Å². The molecule has 0 spiro atoms. The third-order valence-corrected chi connectivity index (χ3v) is 2.68. The minimum absolute atomic E-state index is 0.0451. The summed E-state index contributed by atoms with van der Waals surface area (Å²) in [6.45, 7) is 8.91. The molecule has 70 valence electrons. The van der Waals surface area contributed by atoms with E-state index in [1.807, 2.05) is 0 Å². The van der Waals surface area contributed by atoms with Crippen LogP contribution in [0.5, 0.6) is 0 Å². The average Bonchev–Trinajstić information content (AvgIpc) is 1.80. The van der Waals surface area contributed by atoms with Gasteiger partial charge >= 0.3 is 0 Å². The topological polar surface area (TPSA) is 29.4 Å². The summed E-state index contributed by atoms with van der Waals surface area (Å²) in [5.74, 6) is 0. The molecule has 0 saturated heterocycles. The summed E-state index contributed by atoms with van der Waals surface area (Å²) in [6.07, 6.45) is 3.12. The molecular formula is C10H19NO. The van der Waals surface area contributed by atoms with Crippen LogP contribution in [0.25, 0.3) is 0 Å². The highest BCUT2D eigenvalue weighted by atomic mass is 16.3. The maximum absolute atomic E-state index is 10.5. The van der Waals surface area contributed by atoms with Crippen molar-refractivity contribution in [3.05, 3.63) is 4.91 Å². The second-order valence-electron chi connectivity index (χ2n) is 5.67. The summed E-state index contributed by atoms with van der Waals surface area (Å²) in [4.78, 5) is 10.5. The van der Waals surface area contributed by atoms with Crippen LogP contribution in [0.2, 0.25) is 0 Å². The predicted octanol–water partition coefficient (Wildman–Crippen LogP) is 3.36. The van der Waals surface area contributed by atoms with Gasteiger partial charge in [0.25, 0.3) is 0 Å². The van der Waals surface area contributed by atoms with Gasteiger partial charge in [-0.3, -0.25) is 0 Å². The molecule has 0 unspecified atom stereocenters. The fourth-order valence-electron chi connectivity index (χ4n) is 2.86. The summed E-state index contributed by atoms with van der Waals surface area (Å²) in [7, 11) is 0. The molecule has 0 bridgehead atoms. The first-order valence-corrected chi connectivity index (χ1v) is 4.67. The lowest BCUT2D eigenvalue weighted by molar-refractivity contribution is 0.0991. The molecule has 0 aromatic rings. The summed E-state index contributed by atoms with van der Waals surface area (Å²) >= 11 is 0. The van der Waals surface area contributed by atoms with Crippen molar-refractivity contribution in [2.75, 3.05) is 0 Å². The third kappa shape index (κ3) is 2.29. The Morgan fingerprint density at radius 2 is 1.50 bits per heavy atom. The number of nitrogens with zero attached hydrogens (tertiary/aromatic N) is 1. The Labute approximate surface area is 74.7 Å². The van der Waals surface area contributed by atoms with Gasteiger partial charge in [0, 0.05) is 0 Å². The van der Waals surface area contributed by atoms with E-state index < -0.39 is 0 Å². The smallest absolute Gasteiger partial charge is 0.0929 e. The lowest BCUT2D eigenvalue weighted by Crippen LogP contribution is -2.35. The zero-order valence-electron chi connectivity index (χ0n) is 8.55. The van der Waals surface area contributed by atoms with Gasteiger partial charge in [-0.1, -0.05) is 32.9 Å². The molecule has 0 amide bonds. The summed E-state index contributed by atoms with van der Waals surface area (Å²) in [6, 6.07) is 0.0451. The van der Waals surface area contributed by atoms with E-state index in [1.165, 1.54) is 6.42 Å². The number of hydrogen-bond acceptors (Lipinski definition) is 2. The Morgan fingerprint density at radius 3 is 1.83 bits per heavy atom. The van der Waals surface area contributed by atoms with E-state index in [9.17, 15) is 4.91 Å². The molecule has 0 aromatic carbocycles. The van der Waals surface area contributed by atoms with E-state index in [0.717, 1.165) is 12.8 Å². The lowest BCUT2D eigenvalue weighted by atomic mass is 9.64. The minimum Gasteiger partial charge on any atom is -0.151 e. The lowest BCUT2D eigenvalue weighted by Gasteiger charge is -2.42. The predicted molar refractivity (Wildman–Crippen MR) is 51.0 cm³/mol. The molecule has 0 aliphatic heterocycles. The molecule has 0 N–H and O–H groups in total. The van der Waals surface area contributed by atoms with Crippen LogP contribution in [-0.2, 0) is 0 Å². The van der Waals surface area contributed by atoms with Crippen molar-refractivity contribution in [1.82, 2.24) is 0 Å². The van der Waals surface area contributed by atoms with E-state index in [2.05, 4.69) is 32.9 Å². The summed E-state index contributed by atoms with van der Waals surface area (Å²) in [5, 5.41) is 3.19. The molecule has 0 atom stereocenters. The fourth-order valence-corrected chi connectivity index (χ4v) is 2.86. The Kier molecular flexibility index (Phi) is 2.28. The first-order valence-electron chi connectivity index (χ1n) is 4.67. The molecule has 0 radical (unpaired) electrons. The molecule has 1 aliphatic carbocycles. The zero-order chi connectivity index (χ0) is 9.41. The molecular weight excluding hydrogens is 150 g/mol. The Bertz CT molecular complexity index is 168. The molecule has 0 heterocycles. The number of hydrogen-bond donors (Lipinski definition) is 0. The van der Waals surface area contributed by atoms with Gasteiger partial charge < -0.3 is 0 Å². The van der Waals surface area contributed by atoms with E-state index >= 15 is 0 Å². The van der Waals surface area contributed by atoms with Crippen LogP contribution in [0.4, 0.5) is 0 Å². The van der Waals surface area contributed by atoms with Gasteiger partial charge in [-0.25, -0.2) is 0 Å². The number of rotatable bonds is 1. The van der Waals surface area contributed by atoms with Crippen LogP contribution in [0.15, 0.2) is 5.18 Å². The van der Waals surface area contributed by atoms with Gasteiger partial charge in [0.2, 0.25) is 0 Å². The second kappa shape index (κ2) is 2.82. The Balaban J connectivity index is 2.72. The monoisotopic (exact) mass is 169 g/mol. The average molecular weight is 169 g/mol. The maximum atomic E-state index is 10.5. The van der Waals surface area contributed by atoms with Crippen LogP contribution < -0.4 is 0 Å². The quantitative estimate of drug-likeness (QED) is 0.553. The highest BCUT2D eigenvalue weighted by Gasteiger charge is 2.38. The zero-order valence-corrected chi connectivity index (χ0v) is 8.55. The highest BCUT2D eigenvalue weighted by Crippen LogP contribution is 2.46. The van der Waals surface area contributed by atoms with E-state index in [-0.39, 0.29) is 6.04 Å². The second-order valence-corrected chi connectivity index (χ2v) is 5.67. The Morgan fingerprint density at radius 1 is 1.08 bits per heavy atom. The number of nitroso groups, excluding NO2 is 1. The highest BCUT2D eigenvalue weighted by molar-refractivity contribution is 4.91. The van der Waals surface area contributed by atoms with Gasteiger partial charge in [-0.15, -0.1) is 0 Å². The maximum Gasteiger partial charge on any atom is 0.0929 e. The van der Waals surface area contributed by atoms with E-state index in [4.69, 9.17) is 0 Å². The van der Waals surface area contributed by atoms with Crippen LogP contribution >= 0.6 is 0 Å². The van der Waals surface area contributed by atoms with Crippen LogP contribution in [0.1, 0.15) is 47.0 Å². The van der Waals surface area contributed by atoms with E-state index in [0.29, 0.717) is 10.8 Å². The van der Waals surface area contributed by atoms with Gasteiger partial charge in [-0.05, 0) is 30.1 Å². The van der Waals surface area contributed by atoms with Crippen molar-refractivity contribution >= 4 is 0 Å². The molecule has 12 heavy (non-hydrogen) atoms. The van der Waals surface area contributed by atoms with Gasteiger partial charge in [0.1, 0.15) is 0 Å². The third-order valence-electron chi connectivity index (χ3n) is 2.68. The minimum atomic E-state index is 0.0451. The molecule has 1 rings (SSSR count). The molecule has 2 heteroatoms. The van der Waals surface area contributed by atoms with Crippen molar-refractivity contribution < 1.29 is 0 Å². The first-order chi connectivity index (χ1) is 5.35. The first kappa shape index (κ1) is 9.69. The van der Waals surface area contributed by atoms with Crippen molar-refractivity contribution in [3.8, 4) is 0 Å². The van der Waals surface area contributed by atoms with Crippen LogP contribution in [-0.4, -0.2) is 6.04 Å². The molecule has 1 saturated carbocycles. The molecule has 2 nitrogen and oxygen atoms in total. The van der Waals surface area contributed by atoms with Crippen molar-refractivity contribution in [2.24, 2.45) is 16.0 Å². The summed E-state index contributed by atoms with van der Waals surface area (Å²) in [5.41, 5.74) is 0.584. The van der Waals surface area contributed by atoms with E-state index in [1.54, 1.807) is 0 Å². The van der Waals surface area contributed by atoms with Crippen LogP contribution in [0.3, 0.4) is 0 Å². The normalized spacial score (nSPS) is 28.3. The van der Waals surface area contributed by atoms with Crippen LogP contribution in [0, 0.1) is 15.7 Å².